The molecule has 0 radical (unpaired) electrons. The Morgan fingerprint density at radius 2 is 1.97 bits per heavy atom. The molecule has 3 heterocycles. The van der Waals surface area contributed by atoms with E-state index in [4.69, 9.17) is 14.7 Å². The number of hydrogen-bond donors (Lipinski definition) is 2. The molecule has 1 amide bonds. The maximum atomic E-state index is 11.8. The number of nitrogens with zero attached hydrogens (tertiary/aromatic N) is 5. The van der Waals surface area contributed by atoms with Crippen molar-refractivity contribution in [2.24, 2.45) is 0 Å². The summed E-state index contributed by atoms with van der Waals surface area (Å²) in [5, 5.41) is 6.74. The fourth-order valence-electron chi connectivity index (χ4n) is 3.84. The number of likely N-dealkylation sites (tertiary alicyclic amines) is 1. The first-order valence-corrected chi connectivity index (χ1v) is 11.2. The minimum absolute atomic E-state index is 0.235. The van der Waals surface area contributed by atoms with E-state index in [1.165, 1.54) is 0 Å². The molecule has 3 aromatic rings. The Hall–Kier alpha value is -3.36. The molecule has 0 spiro atoms. The van der Waals surface area contributed by atoms with Crippen LogP contribution in [0.4, 0.5) is 11.8 Å². The van der Waals surface area contributed by atoms with Crippen LogP contribution in [0.15, 0.2) is 30.6 Å². The number of carbonyl (C=O) groups excluding carboxylic acids is 1. The van der Waals surface area contributed by atoms with Crippen molar-refractivity contribution in [3.8, 4) is 5.75 Å². The fraction of sp³-hybridized carbons (Fsp3) is 0.478. The second-order valence-corrected chi connectivity index (χ2v) is 8.28. The molecule has 9 heteroatoms. The molecule has 0 aliphatic carbocycles. The predicted molar refractivity (Wildman–Crippen MR) is 125 cm³/mol. The van der Waals surface area contributed by atoms with Gasteiger partial charge in [0.25, 0.3) is 0 Å². The normalized spacial score (nSPS) is 13.9. The summed E-state index contributed by atoms with van der Waals surface area (Å²) in [5.41, 5.74) is 2.66. The highest BCUT2D eigenvalue weighted by Gasteiger charge is 2.19. The molecule has 9 nitrogen and oxygen atoms in total. The van der Waals surface area contributed by atoms with Gasteiger partial charge in [-0.1, -0.05) is 12.1 Å². The van der Waals surface area contributed by atoms with E-state index in [1.807, 2.05) is 40.1 Å². The molecule has 1 fully saturated rings. The zero-order valence-electron chi connectivity index (χ0n) is 19.0. The number of fused-ring (bicyclic) bond motifs is 1. The zero-order chi connectivity index (χ0) is 22.5. The average molecular weight is 438 g/mol. The molecular weight excluding hydrogens is 406 g/mol. The zero-order valence-corrected chi connectivity index (χ0v) is 19.0. The molecule has 0 saturated carbocycles. The van der Waals surface area contributed by atoms with Crippen LogP contribution < -0.4 is 15.4 Å². The first-order chi connectivity index (χ1) is 15.5. The van der Waals surface area contributed by atoms with Crippen LogP contribution in [-0.4, -0.2) is 57.1 Å². The Labute approximate surface area is 188 Å². The molecule has 1 aliphatic rings. The molecule has 32 heavy (non-hydrogen) atoms. The van der Waals surface area contributed by atoms with Crippen molar-refractivity contribution in [1.29, 1.82) is 0 Å². The maximum absolute atomic E-state index is 11.8. The fourth-order valence-corrected chi connectivity index (χ4v) is 3.84. The first-order valence-electron chi connectivity index (χ1n) is 11.2. The molecule has 0 unspecified atom stereocenters. The Balaban J connectivity index is 1.47. The van der Waals surface area contributed by atoms with Crippen LogP contribution in [0.2, 0.25) is 0 Å². The number of nitrogens with one attached hydrogen (secondary N) is 2. The number of carbonyl (C=O) groups is 1. The van der Waals surface area contributed by atoms with Crippen molar-refractivity contribution < 1.29 is 9.53 Å². The van der Waals surface area contributed by atoms with Gasteiger partial charge in [0.15, 0.2) is 17.0 Å². The van der Waals surface area contributed by atoms with E-state index < -0.39 is 0 Å². The van der Waals surface area contributed by atoms with Gasteiger partial charge < -0.3 is 24.8 Å². The highest BCUT2D eigenvalue weighted by atomic mass is 16.5. The highest BCUT2D eigenvalue weighted by Crippen LogP contribution is 2.24. The number of hydrogen-bond acceptors (Lipinski definition) is 7. The highest BCUT2D eigenvalue weighted by molar-refractivity contribution is 5.84. The molecule has 1 aromatic carbocycles. The number of imidazole rings is 1. The third-order valence-electron chi connectivity index (χ3n) is 5.66. The smallest absolute Gasteiger partial charge is 0.226 e. The van der Waals surface area contributed by atoms with Crippen molar-refractivity contribution in [3.05, 3.63) is 36.2 Å². The number of rotatable bonds is 10. The van der Waals surface area contributed by atoms with Crippen molar-refractivity contribution in [2.75, 3.05) is 37.4 Å². The summed E-state index contributed by atoms with van der Waals surface area (Å²) in [7, 11) is 1.66. The van der Waals surface area contributed by atoms with Crippen molar-refractivity contribution in [3.63, 3.8) is 0 Å². The lowest BCUT2D eigenvalue weighted by Gasteiger charge is -2.16. The van der Waals surface area contributed by atoms with E-state index in [2.05, 4.69) is 29.5 Å². The summed E-state index contributed by atoms with van der Waals surface area (Å²) in [6.07, 6.45) is 4.31. The van der Waals surface area contributed by atoms with Gasteiger partial charge in [-0.15, -0.1) is 0 Å². The van der Waals surface area contributed by atoms with Crippen LogP contribution in [0.1, 0.15) is 44.7 Å². The van der Waals surface area contributed by atoms with Gasteiger partial charge in [0, 0.05) is 38.6 Å². The van der Waals surface area contributed by atoms with Crippen LogP contribution in [0.3, 0.4) is 0 Å². The molecule has 2 N–H and O–H groups in total. The SMILES string of the molecule is COc1ccc(CNc2nc(NCCCN3CCCC3=O)nc3c2ncn3C(C)C)cc1. The topological polar surface area (TPSA) is 97.2 Å². The van der Waals surface area contributed by atoms with Gasteiger partial charge in [-0.05, 0) is 44.4 Å². The summed E-state index contributed by atoms with van der Waals surface area (Å²) < 4.78 is 7.28. The number of ether oxygens (including phenoxy) is 1. The first kappa shape index (κ1) is 21.9. The van der Waals surface area contributed by atoms with Gasteiger partial charge in [-0.3, -0.25) is 4.79 Å². The number of benzene rings is 1. The lowest BCUT2D eigenvalue weighted by molar-refractivity contribution is -0.127. The minimum Gasteiger partial charge on any atom is -0.497 e. The number of amides is 1. The molecule has 0 bridgehead atoms. The Bertz CT molecular complexity index is 1060. The van der Waals surface area contributed by atoms with Crippen molar-refractivity contribution in [1.82, 2.24) is 24.4 Å². The van der Waals surface area contributed by atoms with Crippen LogP contribution in [-0.2, 0) is 11.3 Å². The van der Waals surface area contributed by atoms with Crippen LogP contribution in [0, 0.1) is 0 Å². The molecule has 0 atom stereocenters. The quantitative estimate of drug-likeness (QED) is 0.469. The molecular formula is C23H31N7O2. The summed E-state index contributed by atoms with van der Waals surface area (Å²) in [6.45, 7) is 7.15. The Kier molecular flexibility index (Phi) is 6.72. The molecule has 2 aromatic heterocycles. The number of anilines is 2. The van der Waals surface area contributed by atoms with Gasteiger partial charge >= 0.3 is 0 Å². The number of methoxy groups -OCH3 is 1. The van der Waals surface area contributed by atoms with Gasteiger partial charge in [-0.25, -0.2) is 4.98 Å². The van der Waals surface area contributed by atoms with Gasteiger partial charge in [0.2, 0.25) is 11.9 Å². The van der Waals surface area contributed by atoms with Gasteiger partial charge in [0.05, 0.1) is 13.4 Å². The van der Waals surface area contributed by atoms with E-state index in [-0.39, 0.29) is 11.9 Å². The molecule has 1 saturated heterocycles. The van der Waals surface area contributed by atoms with E-state index in [1.54, 1.807) is 7.11 Å². The third kappa shape index (κ3) is 4.92. The summed E-state index contributed by atoms with van der Waals surface area (Å²) in [4.78, 5) is 27.7. The summed E-state index contributed by atoms with van der Waals surface area (Å²) in [5.74, 6) is 2.34. The Morgan fingerprint density at radius 1 is 1.16 bits per heavy atom. The number of aromatic nitrogens is 4. The van der Waals surface area contributed by atoms with Gasteiger partial charge in [-0.2, -0.15) is 9.97 Å². The lowest BCUT2D eigenvalue weighted by Crippen LogP contribution is -2.27. The van der Waals surface area contributed by atoms with E-state index >= 15 is 0 Å². The molecule has 1 aliphatic heterocycles. The van der Waals surface area contributed by atoms with Crippen molar-refractivity contribution in [2.45, 2.75) is 45.7 Å². The standard InChI is InChI=1S/C23H31N7O2/c1-16(2)30-15-26-20-21(25-14-17-7-9-18(32-3)10-8-17)27-23(28-22(20)30)24-11-5-13-29-12-4-6-19(29)31/h7-10,15-16H,4-6,11-14H2,1-3H3,(H2,24,25,27,28). The predicted octanol–water partition coefficient (Wildman–Crippen LogP) is 3.45. The maximum Gasteiger partial charge on any atom is 0.226 e. The van der Waals surface area contributed by atoms with Crippen molar-refractivity contribution >= 4 is 28.8 Å². The molecule has 4 rings (SSSR count). The third-order valence-corrected chi connectivity index (χ3v) is 5.66. The monoisotopic (exact) mass is 437 g/mol. The Morgan fingerprint density at radius 3 is 2.66 bits per heavy atom. The largest absolute Gasteiger partial charge is 0.497 e. The summed E-state index contributed by atoms with van der Waals surface area (Å²) in [6, 6.07) is 8.17. The lowest BCUT2D eigenvalue weighted by atomic mass is 10.2. The average Bonchev–Trinajstić information content (AvgIpc) is 3.41. The second kappa shape index (κ2) is 9.84. The van der Waals surface area contributed by atoms with E-state index in [0.717, 1.165) is 48.4 Å². The summed E-state index contributed by atoms with van der Waals surface area (Å²) >= 11 is 0. The van der Waals surface area contributed by atoms with Crippen LogP contribution in [0.25, 0.3) is 11.2 Å². The van der Waals surface area contributed by atoms with Crippen LogP contribution in [0.5, 0.6) is 5.75 Å². The molecule has 170 valence electrons. The van der Waals surface area contributed by atoms with E-state index in [9.17, 15) is 4.79 Å². The van der Waals surface area contributed by atoms with Crippen LogP contribution >= 0.6 is 0 Å². The second-order valence-electron chi connectivity index (χ2n) is 8.28. The van der Waals surface area contributed by atoms with Gasteiger partial charge in [0.1, 0.15) is 5.75 Å². The minimum atomic E-state index is 0.235. The van der Waals surface area contributed by atoms with E-state index in [0.29, 0.717) is 31.3 Å².